The van der Waals surface area contributed by atoms with E-state index >= 15 is 0 Å². The molecule has 0 saturated heterocycles. The molecule has 0 spiro atoms. The summed E-state index contributed by atoms with van der Waals surface area (Å²) in [7, 11) is -3.37. The van der Waals surface area contributed by atoms with Gasteiger partial charge in [-0.25, -0.2) is 13.4 Å². The summed E-state index contributed by atoms with van der Waals surface area (Å²) in [4.78, 5) is 16.5. The van der Waals surface area contributed by atoms with E-state index in [1.54, 1.807) is 20.2 Å². The number of hydrogen-bond donors (Lipinski definition) is 0. The smallest absolute Gasteiger partial charge is 0.316 e. The van der Waals surface area contributed by atoms with E-state index < -0.39 is 21.9 Å². The van der Waals surface area contributed by atoms with Gasteiger partial charge in [-0.2, -0.15) is 4.31 Å². The van der Waals surface area contributed by atoms with Crippen molar-refractivity contribution in [3.63, 3.8) is 0 Å². The van der Waals surface area contributed by atoms with Gasteiger partial charge in [0.2, 0.25) is 10.0 Å². The van der Waals surface area contributed by atoms with Crippen LogP contribution >= 0.6 is 0 Å². The molecule has 21 heavy (non-hydrogen) atoms. The van der Waals surface area contributed by atoms with Gasteiger partial charge < -0.3 is 9.30 Å². The van der Waals surface area contributed by atoms with Crippen LogP contribution in [0, 0.1) is 0 Å². The van der Waals surface area contributed by atoms with Crippen LogP contribution in [0.25, 0.3) is 0 Å². The fourth-order valence-electron chi connectivity index (χ4n) is 2.55. The monoisotopic (exact) mass is 315 g/mol. The average Bonchev–Trinajstić information content (AvgIpc) is 2.89. The summed E-state index contributed by atoms with van der Waals surface area (Å²) < 4.78 is 32.5. The van der Waals surface area contributed by atoms with E-state index in [0.29, 0.717) is 12.2 Å². The molecular formula is C13H21N3O4S. The zero-order valence-electron chi connectivity index (χ0n) is 12.6. The van der Waals surface area contributed by atoms with Crippen LogP contribution < -0.4 is 0 Å². The predicted molar refractivity (Wildman–Crippen MR) is 77.1 cm³/mol. The van der Waals surface area contributed by atoms with Crippen molar-refractivity contribution in [2.45, 2.75) is 39.8 Å². The number of aryl methyl sites for hydroxylation is 1. The van der Waals surface area contributed by atoms with Crippen molar-refractivity contribution < 1.29 is 17.9 Å². The van der Waals surface area contributed by atoms with Gasteiger partial charge in [0, 0.05) is 13.1 Å². The molecule has 1 aromatic heterocycles. The van der Waals surface area contributed by atoms with Crippen LogP contribution in [0.5, 0.6) is 0 Å². The number of esters is 1. The van der Waals surface area contributed by atoms with E-state index in [1.165, 1.54) is 4.31 Å². The quantitative estimate of drug-likeness (QED) is 0.748. The predicted octanol–water partition coefficient (Wildman–Crippen LogP) is 0.715. The van der Waals surface area contributed by atoms with Crippen molar-refractivity contribution in [1.29, 1.82) is 0 Å². The molecule has 2 rings (SSSR count). The molecule has 0 bridgehead atoms. The minimum atomic E-state index is -3.37. The van der Waals surface area contributed by atoms with Gasteiger partial charge in [-0.3, -0.25) is 4.79 Å². The molecule has 0 aliphatic carbocycles. The molecule has 2 heterocycles. The Morgan fingerprint density at radius 1 is 1.43 bits per heavy atom. The molecule has 1 atom stereocenters. The van der Waals surface area contributed by atoms with Gasteiger partial charge in [-0.05, 0) is 20.8 Å². The summed E-state index contributed by atoms with van der Waals surface area (Å²) in [6.45, 7) is 6.57. The Bertz CT molecular complexity index is 623. The van der Waals surface area contributed by atoms with Crippen molar-refractivity contribution in [1.82, 2.24) is 13.9 Å². The Balaban J connectivity index is 2.43. The lowest BCUT2D eigenvalue weighted by Crippen LogP contribution is -2.42. The van der Waals surface area contributed by atoms with Gasteiger partial charge in [-0.1, -0.05) is 0 Å². The van der Waals surface area contributed by atoms with Crippen LogP contribution in [0.1, 0.15) is 38.1 Å². The lowest BCUT2D eigenvalue weighted by molar-refractivity contribution is -0.145. The van der Waals surface area contributed by atoms with Crippen LogP contribution in [0.2, 0.25) is 0 Å². The number of imidazole rings is 1. The maximum absolute atomic E-state index is 12.2. The van der Waals surface area contributed by atoms with Crippen molar-refractivity contribution in [3.05, 3.63) is 17.7 Å². The molecule has 1 aliphatic rings. The second-order valence-corrected chi connectivity index (χ2v) is 7.12. The van der Waals surface area contributed by atoms with Crippen LogP contribution in [0.4, 0.5) is 0 Å². The first-order valence-electron chi connectivity index (χ1n) is 7.12. The van der Waals surface area contributed by atoms with E-state index in [4.69, 9.17) is 4.74 Å². The largest absolute Gasteiger partial charge is 0.465 e. The van der Waals surface area contributed by atoms with Gasteiger partial charge in [0.15, 0.2) is 0 Å². The number of sulfonamides is 1. The highest BCUT2D eigenvalue weighted by Gasteiger charge is 2.38. The molecule has 8 heteroatoms. The second kappa shape index (κ2) is 6.15. The summed E-state index contributed by atoms with van der Waals surface area (Å²) in [5.74, 6) is -1.01. The maximum atomic E-state index is 12.2. The Labute approximate surface area is 125 Å². The lowest BCUT2D eigenvalue weighted by atomic mass is 10.00. The first kappa shape index (κ1) is 16.0. The zero-order valence-corrected chi connectivity index (χ0v) is 13.4. The summed E-state index contributed by atoms with van der Waals surface area (Å²) in [6, 6.07) is 0. The van der Waals surface area contributed by atoms with Crippen LogP contribution in [-0.4, -0.2) is 47.1 Å². The second-order valence-electron chi connectivity index (χ2n) is 4.86. The Hall–Kier alpha value is -1.41. The number of nitrogens with zero attached hydrogens (tertiary/aromatic N) is 3. The van der Waals surface area contributed by atoms with Crippen LogP contribution in [0.3, 0.4) is 0 Å². The third-order valence-electron chi connectivity index (χ3n) is 3.67. The molecule has 0 saturated carbocycles. The number of fused-ring (bicyclic) bond motifs is 1. The van der Waals surface area contributed by atoms with Crippen LogP contribution in [0.15, 0.2) is 6.33 Å². The molecule has 0 fully saturated rings. The average molecular weight is 315 g/mol. The minimum absolute atomic E-state index is 0.00631. The Kier molecular flexibility index (Phi) is 4.67. The summed E-state index contributed by atoms with van der Waals surface area (Å²) in [6.07, 6.45) is 1.65. The molecule has 0 unspecified atom stereocenters. The lowest BCUT2D eigenvalue weighted by Gasteiger charge is -2.31. The zero-order chi connectivity index (χ0) is 15.6. The van der Waals surface area contributed by atoms with Crippen molar-refractivity contribution in [3.8, 4) is 0 Å². The molecule has 7 nitrogen and oxygen atoms in total. The molecular weight excluding hydrogens is 294 g/mol. The normalized spacial score (nSPS) is 19.3. The first-order valence-corrected chi connectivity index (χ1v) is 8.73. The van der Waals surface area contributed by atoms with E-state index in [1.807, 2.05) is 11.5 Å². The molecule has 0 radical (unpaired) electrons. The standard InChI is InChI=1S/C13H21N3O4S/c1-4-15-9-14-11-8-16(21(18,19)6-3)7-10(12(11)15)13(17)20-5-2/h9-10H,4-8H2,1-3H3/t10-/m1/s1. The third-order valence-corrected chi connectivity index (χ3v) is 5.47. The number of carbonyl (C=O) groups is 1. The first-order chi connectivity index (χ1) is 9.94. The van der Waals surface area contributed by atoms with E-state index in [2.05, 4.69) is 4.98 Å². The Morgan fingerprint density at radius 3 is 2.71 bits per heavy atom. The number of hydrogen-bond acceptors (Lipinski definition) is 5. The van der Waals surface area contributed by atoms with Crippen molar-refractivity contribution in [2.24, 2.45) is 0 Å². The number of ether oxygens (including phenoxy) is 1. The maximum Gasteiger partial charge on any atom is 0.316 e. The van der Waals surface area contributed by atoms with Gasteiger partial charge in [0.1, 0.15) is 5.92 Å². The van der Waals surface area contributed by atoms with E-state index in [9.17, 15) is 13.2 Å². The number of rotatable bonds is 5. The summed E-state index contributed by atoms with van der Waals surface area (Å²) >= 11 is 0. The molecule has 1 aliphatic heterocycles. The van der Waals surface area contributed by atoms with Crippen LogP contribution in [-0.2, 0) is 32.6 Å². The van der Waals surface area contributed by atoms with Crippen molar-refractivity contribution in [2.75, 3.05) is 18.9 Å². The number of carbonyl (C=O) groups excluding carboxylic acids is 1. The highest BCUT2D eigenvalue weighted by molar-refractivity contribution is 7.89. The third kappa shape index (κ3) is 2.96. The van der Waals surface area contributed by atoms with E-state index in [0.717, 1.165) is 5.69 Å². The molecule has 0 N–H and O–H groups in total. The minimum Gasteiger partial charge on any atom is -0.465 e. The number of aromatic nitrogens is 2. The Morgan fingerprint density at radius 2 is 2.14 bits per heavy atom. The van der Waals surface area contributed by atoms with Gasteiger partial charge in [0.25, 0.3) is 0 Å². The molecule has 0 amide bonds. The fraction of sp³-hybridized carbons (Fsp3) is 0.692. The summed E-state index contributed by atoms with van der Waals surface area (Å²) in [5, 5.41) is 0. The molecule has 1 aromatic rings. The molecule has 0 aromatic carbocycles. The van der Waals surface area contributed by atoms with E-state index in [-0.39, 0.29) is 25.4 Å². The van der Waals surface area contributed by atoms with Gasteiger partial charge in [-0.15, -0.1) is 0 Å². The highest BCUT2D eigenvalue weighted by atomic mass is 32.2. The van der Waals surface area contributed by atoms with Gasteiger partial charge in [0.05, 0.1) is 36.6 Å². The SMILES string of the molecule is CCOC(=O)[C@@H]1CN(S(=O)(=O)CC)Cc2ncn(CC)c21. The topological polar surface area (TPSA) is 81.5 Å². The van der Waals surface area contributed by atoms with Crippen molar-refractivity contribution >= 4 is 16.0 Å². The van der Waals surface area contributed by atoms with Gasteiger partial charge >= 0.3 is 5.97 Å². The molecule has 118 valence electrons. The fourth-order valence-corrected chi connectivity index (χ4v) is 3.61. The highest BCUT2D eigenvalue weighted by Crippen LogP contribution is 2.30. The summed E-state index contributed by atoms with van der Waals surface area (Å²) in [5.41, 5.74) is 1.41.